The Hall–Kier alpha value is -0.280. The molecule has 0 spiro atoms. The molecule has 1 aliphatic carbocycles. The quantitative estimate of drug-likeness (QED) is 0.811. The highest BCUT2D eigenvalue weighted by atomic mass is 35.5. The number of nitrogens with two attached hydrogens (primary N) is 1. The van der Waals surface area contributed by atoms with Crippen molar-refractivity contribution in [2.75, 3.05) is 6.54 Å². The molecule has 108 valence electrons. The van der Waals surface area contributed by atoms with Crippen molar-refractivity contribution in [3.63, 3.8) is 0 Å². The Kier molecular flexibility index (Phi) is 8.62. The smallest absolute Gasteiger partial charge is 0.237 e. The van der Waals surface area contributed by atoms with Crippen molar-refractivity contribution in [1.29, 1.82) is 0 Å². The minimum absolute atomic E-state index is 0. The number of nitrogens with one attached hydrogen (secondary N) is 1. The van der Waals surface area contributed by atoms with Gasteiger partial charge in [-0.3, -0.25) is 4.79 Å². The Balaban J connectivity index is 0.00000289. The van der Waals surface area contributed by atoms with Crippen LogP contribution in [0.15, 0.2) is 0 Å². The molecule has 4 heteroatoms. The molecule has 2 unspecified atom stereocenters. The number of carbonyl (C=O) groups excluding carboxylic acids is 1. The van der Waals surface area contributed by atoms with Crippen molar-refractivity contribution in [3.8, 4) is 0 Å². The molecule has 0 heterocycles. The Bertz CT molecular complexity index is 246. The predicted molar refractivity (Wildman–Crippen MR) is 78.8 cm³/mol. The summed E-state index contributed by atoms with van der Waals surface area (Å²) in [6.07, 6.45) is 6.50. The first-order chi connectivity index (χ1) is 8.00. The third kappa shape index (κ3) is 6.05. The first-order valence-electron chi connectivity index (χ1n) is 7.04. The van der Waals surface area contributed by atoms with Crippen molar-refractivity contribution in [1.82, 2.24) is 5.32 Å². The Morgan fingerprint density at radius 3 is 2.61 bits per heavy atom. The fraction of sp³-hybridized carbons (Fsp3) is 0.929. The van der Waals surface area contributed by atoms with Crippen LogP contribution in [0.1, 0.15) is 52.9 Å². The first kappa shape index (κ1) is 17.7. The summed E-state index contributed by atoms with van der Waals surface area (Å²) in [6.45, 7) is 7.08. The highest BCUT2D eigenvalue weighted by Gasteiger charge is 2.20. The molecule has 1 fully saturated rings. The largest absolute Gasteiger partial charge is 0.355 e. The fourth-order valence-corrected chi connectivity index (χ4v) is 2.64. The summed E-state index contributed by atoms with van der Waals surface area (Å²) in [5, 5.41) is 2.96. The van der Waals surface area contributed by atoms with E-state index >= 15 is 0 Å². The molecular formula is C14H29ClN2O. The number of carbonyl (C=O) groups is 1. The molecule has 1 rings (SSSR count). The summed E-state index contributed by atoms with van der Waals surface area (Å²) >= 11 is 0. The molecule has 0 aromatic carbocycles. The third-order valence-corrected chi connectivity index (χ3v) is 3.92. The number of hydrogen-bond donors (Lipinski definition) is 2. The van der Waals surface area contributed by atoms with E-state index in [1.165, 1.54) is 25.7 Å². The van der Waals surface area contributed by atoms with Crippen molar-refractivity contribution >= 4 is 18.3 Å². The van der Waals surface area contributed by atoms with Crippen molar-refractivity contribution in [2.24, 2.45) is 23.5 Å². The van der Waals surface area contributed by atoms with Crippen LogP contribution in [0.3, 0.4) is 0 Å². The van der Waals surface area contributed by atoms with E-state index in [4.69, 9.17) is 5.73 Å². The van der Waals surface area contributed by atoms with Crippen molar-refractivity contribution in [2.45, 2.75) is 58.9 Å². The molecule has 0 aliphatic heterocycles. The van der Waals surface area contributed by atoms with E-state index < -0.39 is 0 Å². The lowest BCUT2D eigenvalue weighted by Crippen LogP contribution is -2.44. The maximum absolute atomic E-state index is 11.7. The van der Waals surface area contributed by atoms with Gasteiger partial charge >= 0.3 is 0 Å². The van der Waals surface area contributed by atoms with Crippen molar-refractivity contribution < 1.29 is 4.79 Å². The topological polar surface area (TPSA) is 55.1 Å². The Labute approximate surface area is 118 Å². The van der Waals surface area contributed by atoms with E-state index in [1.54, 1.807) is 0 Å². The van der Waals surface area contributed by atoms with Crippen LogP contribution in [0, 0.1) is 17.8 Å². The van der Waals surface area contributed by atoms with E-state index in [0.717, 1.165) is 24.8 Å². The number of hydrogen-bond acceptors (Lipinski definition) is 2. The van der Waals surface area contributed by atoms with Gasteiger partial charge in [-0.1, -0.05) is 40.0 Å². The Morgan fingerprint density at radius 1 is 1.39 bits per heavy atom. The van der Waals surface area contributed by atoms with Gasteiger partial charge in [-0.05, 0) is 30.6 Å². The monoisotopic (exact) mass is 276 g/mol. The van der Waals surface area contributed by atoms with E-state index in [-0.39, 0.29) is 30.3 Å². The minimum Gasteiger partial charge on any atom is -0.355 e. The maximum atomic E-state index is 11.7. The van der Waals surface area contributed by atoms with E-state index in [9.17, 15) is 4.79 Å². The maximum Gasteiger partial charge on any atom is 0.237 e. The van der Waals surface area contributed by atoms with Crippen LogP contribution in [-0.2, 0) is 4.79 Å². The van der Waals surface area contributed by atoms with Gasteiger partial charge in [-0.15, -0.1) is 12.4 Å². The van der Waals surface area contributed by atoms with Gasteiger partial charge in [-0.2, -0.15) is 0 Å². The summed E-state index contributed by atoms with van der Waals surface area (Å²) in [5.41, 5.74) is 5.79. The lowest BCUT2D eigenvalue weighted by molar-refractivity contribution is -0.123. The first-order valence-corrected chi connectivity index (χ1v) is 7.04. The zero-order valence-corrected chi connectivity index (χ0v) is 12.8. The molecule has 1 saturated carbocycles. The van der Waals surface area contributed by atoms with E-state index in [0.29, 0.717) is 0 Å². The average Bonchev–Trinajstić information content (AvgIpc) is 2.27. The second-order valence-electron chi connectivity index (χ2n) is 5.99. The molecule has 3 atom stereocenters. The predicted octanol–water partition coefficient (Wildman–Crippen LogP) is 2.72. The lowest BCUT2D eigenvalue weighted by Gasteiger charge is -2.27. The highest BCUT2D eigenvalue weighted by molar-refractivity contribution is 5.85. The van der Waals surface area contributed by atoms with Gasteiger partial charge in [0.05, 0.1) is 6.04 Å². The second-order valence-corrected chi connectivity index (χ2v) is 5.99. The number of halogens is 1. The zero-order valence-electron chi connectivity index (χ0n) is 11.9. The van der Waals surface area contributed by atoms with Crippen LogP contribution >= 0.6 is 12.4 Å². The van der Waals surface area contributed by atoms with Crippen LogP contribution in [0.25, 0.3) is 0 Å². The number of rotatable bonds is 5. The average molecular weight is 277 g/mol. The van der Waals surface area contributed by atoms with Crippen LogP contribution in [-0.4, -0.2) is 18.5 Å². The molecule has 1 aliphatic rings. The molecule has 3 nitrogen and oxygen atoms in total. The minimum atomic E-state index is -0.361. The summed E-state index contributed by atoms with van der Waals surface area (Å²) < 4.78 is 0. The molecule has 3 N–H and O–H groups in total. The molecule has 18 heavy (non-hydrogen) atoms. The molecule has 0 aromatic heterocycles. The normalized spacial score (nSPS) is 25.4. The summed E-state index contributed by atoms with van der Waals surface area (Å²) in [4.78, 5) is 11.7. The second kappa shape index (κ2) is 8.76. The summed E-state index contributed by atoms with van der Waals surface area (Å²) in [7, 11) is 0. The van der Waals surface area contributed by atoms with Gasteiger partial charge in [0.15, 0.2) is 0 Å². The SMILES string of the molecule is CC1CCCC(CCNC(=O)[C@H](N)C(C)C)C1.Cl. The van der Waals surface area contributed by atoms with Crippen LogP contribution in [0.5, 0.6) is 0 Å². The Morgan fingerprint density at radius 2 is 2.06 bits per heavy atom. The van der Waals surface area contributed by atoms with Gasteiger partial charge in [0.2, 0.25) is 5.91 Å². The van der Waals surface area contributed by atoms with Gasteiger partial charge in [0, 0.05) is 6.54 Å². The van der Waals surface area contributed by atoms with Gasteiger partial charge in [-0.25, -0.2) is 0 Å². The highest BCUT2D eigenvalue weighted by Crippen LogP contribution is 2.30. The summed E-state index contributed by atoms with van der Waals surface area (Å²) in [6, 6.07) is -0.361. The number of amides is 1. The van der Waals surface area contributed by atoms with Crippen LogP contribution in [0.2, 0.25) is 0 Å². The van der Waals surface area contributed by atoms with Crippen molar-refractivity contribution in [3.05, 3.63) is 0 Å². The standard InChI is InChI=1S/C14H28N2O.ClH/c1-10(2)13(15)14(17)16-8-7-12-6-4-5-11(3)9-12;/h10-13H,4-9,15H2,1-3H3,(H,16,17);1H/t11?,12?,13-;/m1./s1. The summed E-state index contributed by atoms with van der Waals surface area (Å²) in [5.74, 6) is 1.88. The third-order valence-electron chi connectivity index (χ3n) is 3.92. The van der Waals surface area contributed by atoms with Crippen LogP contribution < -0.4 is 11.1 Å². The lowest BCUT2D eigenvalue weighted by atomic mass is 9.81. The molecule has 0 saturated heterocycles. The zero-order chi connectivity index (χ0) is 12.8. The molecular weight excluding hydrogens is 248 g/mol. The van der Waals surface area contributed by atoms with Gasteiger partial charge in [0.25, 0.3) is 0 Å². The molecule has 1 amide bonds. The molecule has 0 radical (unpaired) electrons. The fourth-order valence-electron chi connectivity index (χ4n) is 2.64. The van der Waals surface area contributed by atoms with E-state index in [2.05, 4.69) is 12.2 Å². The molecule has 0 bridgehead atoms. The van der Waals surface area contributed by atoms with Gasteiger partial charge in [0.1, 0.15) is 0 Å². The van der Waals surface area contributed by atoms with Gasteiger partial charge < -0.3 is 11.1 Å². The van der Waals surface area contributed by atoms with Crippen LogP contribution in [0.4, 0.5) is 0 Å². The van der Waals surface area contributed by atoms with E-state index in [1.807, 2.05) is 13.8 Å². The molecule has 0 aromatic rings.